The van der Waals surface area contributed by atoms with E-state index in [1.165, 1.54) is 0 Å². The summed E-state index contributed by atoms with van der Waals surface area (Å²) in [4.78, 5) is 12.5. The van der Waals surface area contributed by atoms with Crippen LogP contribution < -0.4 is 5.32 Å². The molecule has 0 bridgehead atoms. The Bertz CT molecular complexity index is 829. The van der Waals surface area contributed by atoms with Crippen molar-refractivity contribution in [1.82, 2.24) is 5.32 Å². The van der Waals surface area contributed by atoms with Crippen LogP contribution in [0.2, 0.25) is 0 Å². The Hall–Kier alpha value is -3.11. The van der Waals surface area contributed by atoms with Gasteiger partial charge in [-0.1, -0.05) is 91.0 Å². The first-order valence-electron chi connectivity index (χ1n) is 9.32. The second kappa shape index (κ2) is 9.20. The summed E-state index contributed by atoms with van der Waals surface area (Å²) in [5.74, 6) is -0.232. The van der Waals surface area contributed by atoms with Gasteiger partial charge in [0.15, 0.2) is 0 Å². The SMILES string of the molecule is CC(CO)(NC(=O)OCc1ccccc1)C(c1ccccc1)c1ccccc1. The second-order valence-electron chi connectivity index (χ2n) is 7.02. The van der Waals surface area contributed by atoms with Crippen molar-refractivity contribution in [3.8, 4) is 0 Å². The van der Waals surface area contributed by atoms with E-state index in [0.717, 1.165) is 16.7 Å². The smallest absolute Gasteiger partial charge is 0.408 e. The molecule has 0 spiro atoms. The third-order valence-electron chi connectivity index (χ3n) is 4.83. The molecule has 28 heavy (non-hydrogen) atoms. The van der Waals surface area contributed by atoms with E-state index in [9.17, 15) is 9.90 Å². The second-order valence-corrected chi connectivity index (χ2v) is 7.02. The number of nitrogens with one attached hydrogen (secondary N) is 1. The molecule has 1 amide bonds. The van der Waals surface area contributed by atoms with Crippen LogP contribution in [0, 0.1) is 0 Å². The van der Waals surface area contributed by atoms with Crippen molar-refractivity contribution in [3.63, 3.8) is 0 Å². The van der Waals surface area contributed by atoms with Crippen LogP contribution in [0.15, 0.2) is 91.0 Å². The molecule has 1 atom stereocenters. The molecule has 0 fully saturated rings. The van der Waals surface area contributed by atoms with Crippen molar-refractivity contribution in [3.05, 3.63) is 108 Å². The number of rotatable bonds is 7. The highest BCUT2D eigenvalue weighted by Gasteiger charge is 2.38. The van der Waals surface area contributed by atoms with Gasteiger partial charge in [0.1, 0.15) is 6.61 Å². The number of hydrogen-bond donors (Lipinski definition) is 2. The molecule has 3 aromatic rings. The average molecular weight is 375 g/mol. The summed E-state index contributed by atoms with van der Waals surface area (Å²) in [6, 6.07) is 29.2. The lowest BCUT2D eigenvalue weighted by Crippen LogP contribution is -2.53. The Balaban J connectivity index is 1.82. The third-order valence-corrected chi connectivity index (χ3v) is 4.83. The van der Waals surface area contributed by atoms with Gasteiger partial charge in [-0.3, -0.25) is 0 Å². The minimum absolute atomic E-state index is 0.176. The Kier molecular flexibility index (Phi) is 6.45. The van der Waals surface area contributed by atoms with E-state index < -0.39 is 11.6 Å². The predicted octanol–water partition coefficient (Wildman–Crippen LogP) is 4.50. The average Bonchev–Trinajstić information content (AvgIpc) is 2.75. The summed E-state index contributed by atoms with van der Waals surface area (Å²) >= 11 is 0. The van der Waals surface area contributed by atoms with E-state index in [0.29, 0.717) is 0 Å². The topological polar surface area (TPSA) is 58.6 Å². The monoisotopic (exact) mass is 375 g/mol. The minimum Gasteiger partial charge on any atom is -0.445 e. The van der Waals surface area contributed by atoms with Gasteiger partial charge in [-0.15, -0.1) is 0 Å². The van der Waals surface area contributed by atoms with Crippen LogP contribution in [0.1, 0.15) is 29.5 Å². The summed E-state index contributed by atoms with van der Waals surface area (Å²) in [5, 5.41) is 13.1. The molecular weight excluding hydrogens is 350 g/mol. The lowest BCUT2D eigenvalue weighted by molar-refractivity contribution is 0.106. The van der Waals surface area contributed by atoms with Crippen molar-refractivity contribution in [2.24, 2.45) is 0 Å². The number of carbonyl (C=O) groups excluding carboxylic acids is 1. The number of ether oxygens (including phenoxy) is 1. The van der Waals surface area contributed by atoms with E-state index in [-0.39, 0.29) is 19.1 Å². The van der Waals surface area contributed by atoms with Crippen LogP contribution in [0.3, 0.4) is 0 Å². The minimum atomic E-state index is -0.934. The Labute approximate surface area is 165 Å². The fourth-order valence-corrected chi connectivity index (χ4v) is 3.41. The summed E-state index contributed by atoms with van der Waals surface area (Å²) in [6.45, 7) is 1.78. The predicted molar refractivity (Wildman–Crippen MR) is 110 cm³/mol. The van der Waals surface area contributed by atoms with E-state index >= 15 is 0 Å². The first-order valence-corrected chi connectivity index (χ1v) is 9.32. The molecule has 0 aromatic heterocycles. The zero-order chi connectivity index (χ0) is 19.8. The van der Waals surface area contributed by atoms with E-state index in [4.69, 9.17) is 4.74 Å². The number of hydrogen-bond acceptors (Lipinski definition) is 3. The lowest BCUT2D eigenvalue weighted by Gasteiger charge is -2.37. The highest BCUT2D eigenvalue weighted by Crippen LogP contribution is 2.35. The number of benzene rings is 3. The summed E-state index contributed by atoms with van der Waals surface area (Å²) in [6.07, 6.45) is -0.558. The van der Waals surface area contributed by atoms with Crippen LogP contribution in [0.25, 0.3) is 0 Å². The van der Waals surface area contributed by atoms with Gasteiger partial charge in [0, 0.05) is 5.92 Å². The van der Waals surface area contributed by atoms with Gasteiger partial charge < -0.3 is 15.2 Å². The Morgan fingerprint density at radius 2 is 1.36 bits per heavy atom. The standard InChI is InChI=1S/C24H25NO3/c1-24(18-26,25-23(27)28-17-19-11-5-2-6-12-19)22(20-13-7-3-8-14-20)21-15-9-4-10-16-21/h2-16,22,26H,17-18H2,1H3,(H,25,27). The van der Waals surface area contributed by atoms with Gasteiger partial charge in [0.05, 0.1) is 12.1 Å². The normalized spacial score (nSPS) is 13.0. The quantitative estimate of drug-likeness (QED) is 0.639. The third kappa shape index (κ3) is 4.78. The van der Waals surface area contributed by atoms with E-state index in [2.05, 4.69) is 5.32 Å². The number of carbonyl (C=O) groups is 1. The number of aliphatic hydroxyl groups is 1. The van der Waals surface area contributed by atoms with Crippen molar-refractivity contribution in [2.75, 3.05) is 6.61 Å². The molecule has 0 aliphatic rings. The highest BCUT2D eigenvalue weighted by atomic mass is 16.5. The molecule has 1 unspecified atom stereocenters. The molecular formula is C24H25NO3. The first-order chi connectivity index (χ1) is 13.6. The van der Waals surface area contributed by atoms with Crippen molar-refractivity contribution in [1.29, 1.82) is 0 Å². The van der Waals surface area contributed by atoms with E-state index in [1.807, 2.05) is 97.9 Å². The van der Waals surface area contributed by atoms with Crippen molar-refractivity contribution >= 4 is 6.09 Å². The van der Waals surface area contributed by atoms with Crippen LogP contribution >= 0.6 is 0 Å². The van der Waals surface area contributed by atoms with Crippen LogP contribution in [0.5, 0.6) is 0 Å². The molecule has 4 nitrogen and oxygen atoms in total. The first kappa shape index (κ1) is 19.6. The molecule has 3 aromatic carbocycles. The molecule has 0 saturated heterocycles. The molecule has 144 valence electrons. The summed E-state index contributed by atoms with van der Waals surface area (Å²) in [7, 11) is 0. The maximum absolute atomic E-state index is 12.5. The summed E-state index contributed by atoms with van der Waals surface area (Å²) in [5.41, 5.74) is 1.99. The number of alkyl carbamates (subject to hydrolysis) is 1. The molecule has 0 aliphatic carbocycles. The molecule has 0 saturated carbocycles. The highest BCUT2D eigenvalue weighted by molar-refractivity contribution is 5.69. The maximum Gasteiger partial charge on any atom is 0.408 e. The van der Waals surface area contributed by atoms with Crippen LogP contribution in [0.4, 0.5) is 4.79 Å². The van der Waals surface area contributed by atoms with E-state index in [1.54, 1.807) is 0 Å². The summed E-state index contributed by atoms with van der Waals surface area (Å²) < 4.78 is 5.39. The van der Waals surface area contributed by atoms with Gasteiger partial charge in [-0.2, -0.15) is 0 Å². The Morgan fingerprint density at radius 3 is 1.82 bits per heavy atom. The van der Waals surface area contributed by atoms with Gasteiger partial charge in [0.25, 0.3) is 0 Å². The van der Waals surface area contributed by atoms with Crippen molar-refractivity contribution in [2.45, 2.75) is 25.0 Å². The number of amides is 1. The molecule has 0 aliphatic heterocycles. The lowest BCUT2D eigenvalue weighted by atomic mass is 9.76. The van der Waals surface area contributed by atoms with Gasteiger partial charge in [-0.25, -0.2) is 4.79 Å². The molecule has 4 heteroatoms. The Morgan fingerprint density at radius 1 is 0.893 bits per heavy atom. The molecule has 0 heterocycles. The van der Waals surface area contributed by atoms with Gasteiger partial charge in [-0.05, 0) is 23.6 Å². The van der Waals surface area contributed by atoms with Crippen molar-refractivity contribution < 1.29 is 14.6 Å². The fourth-order valence-electron chi connectivity index (χ4n) is 3.41. The van der Waals surface area contributed by atoms with Crippen LogP contribution in [-0.4, -0.2) is 23.3 Å². The zero-order valence-electron chi connectivity index (χ0n) is 15.9. The maximum atomic E-state index is 12.5. The molecule has 2 N–H and O–H groups in total. The molecule has 0 radical (unpaired) electrons. The molecule has 3 rings (SSSR count). The van der Waals surface area contributed by atoms with Gasteiger partial charge in [0.2, 0.25) is 0 Å². The van der Waals surface area contributed by atoms with Gasteiger partial charge >= 0.3 is 6.09 Å². The fraction of sp³-hybridized carbons (Fsp3) is 0.208. The zero-order valence-corrected chi connectivity index (χ0v) is 15.9. The largest absolute Gasteiger partial charge is 0.445 e. The van der Waals surface area contributed by atoms with Crippen LogP contribution in [-0.2, 0) is 11.3 Å². The number of aliphatic hydroxyl groups excluding tert-OH is 1.